The first kappa shape index (κ1) is 21.6. The van der Waals surface area contributed by atoms with Crippen LogP contribution in [0.1, 0.15) is 13.3 Å². The molecule has 0 aromatic carbocycles. The van der Waals surface area contributed by atoms with Crippen molar-refractivity contribution in [3.05, 3.63) is 50.6 Å². The maximum absolute atomic E-state index is 12.6. The van der Waals surface area contributed by atoms with E-state index in [0.29, 0.717) is 12.2 Å². The highest BCUT2D eigenvalue weighted by Gasteiger charge is 2.73. The van der Waals surface area contributed by atoms with Crippen LogP contribution in [-0.4, -0.2) is 47.2 Å². The van der Waals surface area contributed by atoms with Crippen molar-refractivity contribution in [2.24, 2.45) is 0 Å². The number of Topliss-reactive ketones (excluding diaryl/α,β-unsaturated/α-hetero) is 1. The van der Waals surface area contributed by atoms with Gasteiger partial charge in [0, 0.05) is 24.3 Å². The predicted octanol–water partition coefficient (Wildman–Crippen LogP) is 0.700. The third kappa shape index (κ3) is 4.02. The van der Waals surface area contributed by atoms with Gasteiger partial charge in [0.05, 0.1) is 6.42 Å². The molecule has 1 aliphatic rings. The molecule has 0 aromatic heterocycles. The maximum atomic E-state index is 12.6. The molecule has 0 aliphatic heterocycles. The quantitative estimate of drug-likeness (QED) is 0.260. The lowest BCUT2D eigenvalue weighted by molar-refractivity contribution is -0.298. The molecule has 0 saturated heterocycles. The Balaban J connectivity index is 3.65. The van der Waals surface area contributed by atoms with Crippen LogP contribution >= 0.6 is 0 Å². The second kappa shape index (κ2) is 8.26. The number of ketones is 1. The summed E-state index contributed by atoms with van der Waals surface area (Å²) in [6.07, 6.45) is 0.742. The minimum Gasteiger partial charge on any atom is -0.450 e. The zero-order valence-electron chi connectivity index (χ0n) is 14.6. The summed E-state index contributed by atoms with van der Waals surface area (Å²) in [5.41, 5.74) is -2.35. The Morgan fingerprint density at radius 3 is 1.67 bits per heavy atom. The van der Waals surface area contributed by atoms with Crippen molar-refractivity contribution < 1.29 is 42.9 Å². The van der Waals surface area contributed by atoms with Crippen molar-refractivity contribution in [3.63, 3.8) is 0 Å². The molecular weight excluding hydrogens is 360 g/mol. The third-order valence-corrected chi connectivity index (χ3v) is 3.73. The number of carbonyl (C=O) groups excluding carboxylic acids is 5. The highest BCUT2D eigenvalue weighted by atomic mass is 16.8. The molecule has 1 rings (SSSR count). The van der Waals surface area contributed by atoms with Crippen LogP contribution in [0.5, 0.6) is 0 Å². The lowest BCUT2D eigenvalue weighted by atomic mass is 9.96. The van der Waals surface area contributed by atoms with E-state index < -0.39 is 53.6 Å². The molecule has 144 valence electrons. The van der Waals surface area contributed by atoms with E-state index in [9.17, 15) is 24.0 Å². The van der Waals surface area contributed by atoms with Gasteiger partial charge in [-0.1, -0.05) is 26.3 Å². The second-order valence-corrected chi connectivity index (χ2v) is 5.33. The summed E-state index contributed by atoms with van der Waals surface area (Å²) in [6.45, 7) is 13.9. The van der Waals surface area contributed by atoms with Gasteiger partial charge in [-0.2, -0.15) is 0 Å². The minimum atomic E-state index is -2.63. The van der Waals surface area contributed by atoms with E-state index in [1.807, 2.05) is 0 Å². The van der Waals surface area contributed by atoms with Gasteiger partial charge in [-0.25, -0.2) is 19.2 Å². The standard InChI is InChI=1S/C18H18O9/c1-6-13(20)24-12-10-11(19)17(5,25-14(21)7-2)18(12,26-15(22)8-3)27-16(23)9-4/h6-9,12H,1-4,10H2,5H3. The van der Waals surface area contributed by atoms with E-state index in [1.165, 1.54) is 0 Å². The van der Waals surface area contributed by atoms with E-state index in [4.69, 9.17) is 18.9 Å². The van der Waals surface area contributed by atoms with Crippen molar-refractivity contribution in [3.8, 4) is 0 Å². The number of hydrogen-bond donors (Lipinski definition) is 0. The molecule has 0 amide bonds. The molecule has 2 unspecified atom stereocenters. The third-order valence-electron chi connectivity index (χ3n) is 3.73. The van der Waals surface area contributed by atoms with Crippen LogP contribution in [0.15, 0.2) is 50.6 Å². The average molecular weight is 378 g/mol. The molecule has 9 heteroatoms. The van der Waals surface area contributed by atoms with Crippen LogP contribution in [0.3, 0.4) is 0 Å². The van der Waals surface area contributed by atoms with Crippen LogP contribution in [-0.2, 0) is 42.9 Å². The van der Waals surface area contributed by atoms with Gasteiger partial charge in [-0.05, 0) is 6.92 Å². The minimum absolute atomic E-state index is 0.588. The smallest absolute Gasteiger partial charge is 0.341 e. The summed E-state index contributed by atoms with van der Waals surface area (Å²) in [7, 11) is 0. The van der Waals surface area contributed by atoms with Crippen molar-refractivity contribution >= 4 is 29.7 Å². The molecule has 1 saturated carbocycles. The SMILES string of the molecule is C=CC(=O)OC1CC(=O)C(C)(OC(=O)C=C)C1(OC(=O)C=C)OC(=O)C=C. The molecule has 0 bridgehead atoms. The molecule has 9 nitrogen and oxygen atoms in total. The first-order valence-electron chi connectivity index (χ1n) is 7.52. The Bertz CT molecular complexity index is 711. The average Bonchev–Trinajstić information content (AvgIpc) is 2.82. The lowest BCUT2D eigenvalue weighted by Crippen LogP contribution is -2.63. The Morgan fingerprint density at radius 2 is 1.26 bits per heavy atom. The zero-order valence-corrected chi connectivity index (χ0v) is 14.6. The fourth-order valence-electron chi connectivity index (χ4n) is 2.41. The molecule has 0 radical (unpaired) electrons. The Morgan fingerprint density at radius 1 is 0.852 bits per heavy atom. The van der Waals surface area contributed by atoms with Crippen LogP contribution in [0.25, 0.3) is 0 Å². The molecule has 27 heavy (non-hydrogen) atoms. The number of hydrogen-bond acceptors (Lipinski definition) is 9. The first-order valence-corrected chi connectivity index (χ1v) is 7.52. The van der Waals surface area contributed by atoms with E-state index in [-0.39, 0.29) is 0 Å². The van der Waals surface area contributed by atoms with E-state index >= 15 is 0 Å². The van der Waals surface area contributed by atoms with E-state index in [2.05, 4.69) is 26.3 Å². The molecule has 0 spiro atoms. The van der Waals surface area contributed by atoms with Gasteiger partial charge in [-0.3, -0.25) is 4.79 Å². The molecular formula is C18H18O9. The molecule has 1 fully saturated rings. The zero-order chi connectivity index (χ0) is 20.8. The van der Waals surface area contributed by atoms with E-state index in [0.717, 1.165) is 19.1 Å². The van der Waals surface area contributed by atoms with Crippen LogP contribution in [0.4, 0.5) is 0 Å². The van der Waals surface area contributed by atoms with Crippen LogP contribution in [0.2, 0.25) is 0 Å². The summed E-state index contributed by atoms with van der Waals surface area (Å²) < 4.78 is 20.3. The van der Waals surface area contributed by atoms with Crippen molar-refractivity contribution in [2.45, 2.75) is 30.8 Å². The number of carbonyl (C=O) groups is 5. The Hall–Kier alpha value is -3.49. The maximum Gasteiger partial charge on any atom is 0.341 e. The first-order chi connectivity index (χ1) is 12.6. The highest BCUT2D eigenvalue weighted by Crippen LogP contribution is 2.45. The van der Waals surface area contributed by atoms with Gasteiger partial charge in [0.25, 0.3) is 0 Å². The molecule has 0 aromatic rings. The summed E-state index contributed by atoms with van der Waals surface area (Å²) >= 11 is 0. The van der Waals surface area contributed by atoms with Crippen LogP contribution in [0, 0.1) is 0 Å². The highest BCUT2D eigenvalue weighted by molar-refractivity contribution is 5.97. The van der Waals surface area contributed by atoms with E-state index in [1.54, 1.807) is 0 Å². The summed E-state index contributed by atoms with van der Waals surface area (Å²) in [4.78, 5) is 59.9. The van der Waals surface area contributed by atoms with Gasteiger partial charge in [0.2, 0.25) is 5.60 Å². The molecule has 1 aliphatic carbocycles. The molecule has 0 heterocycles. The summed E-state index contributed by atoms with van der Waals surface area (Å²) in [5.74, 6) is -7.81. The Labute approximate surface area is 154 Å². The number of rotatable bonds is 8. The normalized spacial score (nSPS) is 22.7. The van der Waals surface area contributed by atoms with Crippen molar-refractivity contribution in [2.75, 3.05) is 0 Å². The fraction of sp³-hybridized carbons (Fsp3) is 0.278. The second-order valence-electron chi connectivity index (χ2n) is 5.33. The molecule has 0 N–H and O–H groups in total. The summed E-state index contributed by atoms with van der Waals surface area (Å²) in [5, 5.41) is 0. The summed E-state index contributed by atoms with van der Waals surface area (Å²) in [6, 6.07) is 0. The number of ether oxygens (including phenoxy) is 4. The molecule has 2 atom stereocenters. The van der Waals surface area contributed by atoms with Crippen molar-refractivity contribution in [1.29, 1.82) is 0 Å². The largest absolute Gasteiger partial charge is 0.450 e. The van der Waals surface area contributed by atoms with Gasteiger partial charge >= 0.3 is 29.7 Å². The van der Waals surface area contributed by atoms with Gasteiger partial charge in [-0.15, -0.1) is 0 Å². The topological polar surface area (TPSA) is 122 Å². The lowest BCUT2D eigenvalue weighted by Gasteiger charge is -2.40. The Kier molecular flexibility index (Phi) is 6.59. The van der Waals surface area contributed by atoms with Gasteiger partial charge in [0.1, 0.15) is 0 Å². The predicted molar refractivity (Wildman–Crippen MR) is 89.7 cm³/mol. The number of esters is 4. The van der Waals surface area contributed by atoms with Crippen LogP contribution < -0.4 is 0 Å². The fourth-order valence-corrected chi connectivity index (χ4v) is 2.41. The monoisotopic (exact) mass is 378 g/mol. The van der Waals surface area contributed by atoms with Gasteiger partial charge < -0.3 is 18.9 Å². The van der Waals surface area contributed by atoms with Gasteiger partial charge in [0.15, 0.2) is 11.9 Å². The van der Waals surface area contributed by atoms with Crippen molar-refractivity contribution in [1.82, 2.24) is 0 Å².